The smallest absolute Gasteiger partial charge is 0.251 e. The van der Waals surface area contributed by atoms with Crippen LogP contribution in [0.25, 0.3) is 0 Å². The van der Waals surface area contributed by atoms with Gasteiger partial charge in [-0.15, -0.1) is 0 Å². The number of rotatable bonds is 1. The maximum Gasteiger partial charge on any atom is 0.251 e. The van der Waals surface area contributed by atoms with Crippen molar-refractivity contribution in [3.05, 3.63) is 29.6 Å². The fraction of sp³-hybridized carbons (Fsp3) is 0.143. The second kappa shape index (κ2) is 2.47. The molecule has 3 heteroatoms. The number of carbonyl (C=O) groups excluding carboxylic acids is 1. The van der Waals surface area contributed by atoms with E-state index in [0.29, 0.717) is 11.3 Å². The normalized spacial score (nSPS) is 9.30. The van der Waals surface area contributed by atoms with E-state index in [2.05, 4.69) is 11.1 Å². The van der Waals surface area contributed by atoms with Crippen LogP contribution in [0, 0.1) is 13.0 Å². The van der Waals surface area contributed by atoms with Crippen LogP contribution in [-0.2, 0) is 0 Å². The molecule has 0 aliphatic carbocycles. The van der Waals surface area contributed by atoms with E-state index in [0.717, 1.165) is 0 Å². The first-order valence-corrected chi connectivity index (χ1v) is 2.85. The third-order valence-corrected chi connectivity index (χ3v) is 1.18. The van der Waals surface area contributed by atoms with Gasteiger partial charge in [0.2, 0.25) is 0 Å². The molecule has 1 heterocycles. The zero-order valence-corrected chi connectivity index (χ0v) is 5.59. The lowest BCUT2D eigenvalue weighted by molar-refractivity contribution is 0.0999. The minimum Gasteiger partial charge on any atom is -0.366 e. The molecule has 0 atom stereocenters. The zero-order chi connectivity index (χ0) is 7.56. The molecule has 0 saturated heterocycles. The second-order valence-corrected chi connectivity index (χ2v) is 1.91. The van der Waals surface area contributed by atoms with E-state index in [-0.39, 0.29) is 0 Å². The first-order chi connectivity index (χ1) is 4.72. The van der Waals surface area contributed by atoms with Crippen molar-refractivity contribution in [1.82, 2.24) is 4.98 Å². The van der Waals surface area contributed by atoms with Crippen LogP contribution in [0.5, 0.6) is 0 Å². The van der Waals surface area contributed by atoms with Crippen LogP contribution >= 0.6 is 0 Å². The molecule has 1 amide bonds. The van der Waals surface area contributed by atoms with Gasteiger partial charge in [-0.05, 0) is 19.1 Å². The molecule has 0 aliphatic heterocycles. The number of nitrogens with zero attached hydrogens (tertiary/aromatic N) is 1. The Bertz CT molecular complexity index is 258. The number of pyridine rings is 1. The lowest BCUT2D eigenvalue weighted by atomic mass is 10.2. The summed E-state index contributed by atoms with van der Waals surface area (Å²) in [4.78, 5) is 14.4. The Labute approximate surface area is 58.9 Å². The first kappa shape index (κ1) is 6.74. The average molecular weight is 135 g/mol. The summed E-state index contributed by atoms with van der Waals surface area (Å²) in [6.45, 7) is 1.72. The van der Waals surface area contributed by atoms with Crippen LogP contribution in [0.15, 0.2) is 12.3 Å². The highest BCUT2D eigenvalue weighted by molar-refractivity contribution is 5.93. The van der Waals surface area contributed by atoms with Crippen LogP contribution in [0.4, 0.5) is 0 Å². The minimum absolute atomic E-state index is 0.363. The molecule has 1 radical (unpaired) electrons. The third-order valence-electron chi connectivity index (χ3n) is 1.18. The molecule has 0 spiro atoms. The molecule has 1 aromatic rings. The highest BCUT2D eigenvalue weighted by Crippen LogP contribution is 1.99. The predicted octanol–water partition coefficient (Wildman–Crippen LogP) is 0.289. The number of amides is 1. The fourth-order valence-electron chi connectivity index (χ4n) is 0.688. The number of nitrogens with two attached hydrogens (primary N) is 1. The molecule has 1 aromatic heterocycles. The molecule has 10 heavy (non-hydrogen) atoms. The summed E-state index contributed by atoms with van der Waals surface area (Å²) in [6.07, 6.45) is 1.57. The van der Waals surface area contributed by atoms with Crippen LogP contribution < -0.4 is 5.73 Å². The number of hydrogen-bond donors (Lipinski definition) is 1. The molecular weight excluding hydrogens is 128 g/mol. The van der Waals surface area contributed by atoms with Crippen LogP contribution in [0.2, 0.25) is 0 Å². The first-order valence-electron chi connectivity index (χ1n) is 2.85. The van der Waals surface area contributed by atoms with E-state index in [1.807, 2.05) is 0 Å². The van der Waals surface area contributed by atoms with E-state index in [4.69, 9.17) is 5.73 Å². The van der Waals surface area contributed by atoms with E-state index in [1.54, 1.807) is 19.2 Å². The number of primary amides is 1. The number of hydrogen-bond acceptors (Lipinski definition) is 2. The van der Waals surface area contributed by atoms with Gasteiger partial charge < -0.3 is 5.73 Å². The van der Waals surface area contributed by atoms with Gasteiger partial charge in [-0.25, -0.2) is 0 Å². The predicted molar refractivity (Wildman–Crippen MR) is 36.3 cm³/mol. The molecule has 3 nitrogen and oxygen atoms in total. The number of aryl methyl sites for hydroxylation is 1. The standard InChI is InChI=1S/C7H7N2O/c1-5-6(7(8)10)3-2-4-9-5/h2,4H,1H3,(H2,8,10). The SMILES string of the molecule is Cc1ncc[c]c1C(N)=O. The quantitative estimate of drug-likeness (QED) is 0.601. The molecule has 51 valence electrons. The minimum atomic E-state index is -0.481. The van der Waals surface area contributed by atoms with Crippen molar-refractivity contribution in [3.63, 3.8) is 0 Å². The van der Waals surface area contributed by atoms with Gasteiger partial charge in [0, 0.05) is 6.20 Å². The lowest BCUT2D eigenvalue weighted by Crippen LogP contribution is -2.13. The van der Waals surface area contributed by atoms with Gasteiger partial charge in [0.1, 0.15) is 0 Å². The molecule has 0 bridgehead atoms. The highest BCUT2D eigenvalue weighted by Gasteiger charge is 2.02. The number of aromatic nitrogens is 1. The maximum atomic E-state index is 10.6. The topological polar surface area (TPSA) is 56.0 Å². The molecule has 2 N–H and O–H groups in total. The van der Waals surface area contributed by atoms with Crippen molar-refractivity contribution in [2.45, 2.75) is 6.92 Å². The van der Waals surface area contributed by atoms with Crippen molar-refractivity contribution < 1.29 is 4.79 Å². The number of carbonyl (C=O) groups is 1. The van der Waals surface area contributed by atoms with Crippen LogP contribution in [0.1, 0.15) is 16.1 Å². The van der Waals surface area contributed by atoms with Gasteiger partial charge in [-0.1, -0.05) is 0 Å². The molecule has 0 aromatic carbocycles. The van der Waals surface area contributed by atoms with Gasteiger partial charge in [0.05, 0.1) is 11.3 Å². The Morgan fingerprint density at radius 1 is 1.80 bits per heavy atom. The van der Waals surface area contributed by atoms with E-state index >= 15 is 0 Å². The molecule has 1 rings (SSSR count). The van der Waals surface area contributed by atoms with Crippen LogP contribution in [-0.4, -0.2) is 10.9 Å². The Morgan fingerprint density at radius 2 is 2.50 bits per heavy atom. The summed E-state index contributed by atoms with van der Waals surface area (Å²) in [5.41, 5.74) is 5.99. The maximum absolute atomic E-state index is 10.6. The Balaban J connectivity index is 3.15. The van der Waals surface area contributed by atoms with Crippen molar-refractivity contribution in [1.29, 1.82) is 0 Å². The summed E-state index contributed by atoms with van der Waals surface area (Å²) in [5.74, 6) is -0.481. The lowest BCUT2D eigenvalue weighted by Gasteiger charge is -1.95. The Kier molecular flexibility index (Phi) is 1.67. The van der Waals surface area contributed by atoms with Crippen molar-refractivity contribution in [2.24, 2.45) is 5.73 Å². The molecular formula is C7H7N2O. The van der Waals surface area contributed by atoms with Crippen LogP contribution in [0.3, 0.4) is 0 Å². The summed E-state index contributed by atoms with van der Waals surface area (Å²) in [7, 11) is 0. The van der Waals surface area contributed by atoms with E-state index < -0.39 is 5.91 Å². The molecule has 0 saturated carbocycles. The fourth-order valence-corrected chi connectivity index (χ4v) is 0.688. The van der Waals surface area contributed by atoms with Gasteiger partial charge >= 0.3 is 0 Å². The average Bonchev–Trinajstić information content (AvgIpc) is 1.88. The summed E-state index contributed by atoms with van der Waals surface area (Å²) in [6, 6.07) is 4.26. The van der Waals surface area contributed by atoms with Gasteiger partial charge in [-0.3, -0.25) is 9.78 Å². The van der Waals surface area contributed by atoms with Crippen molar-refractivity contribution >= 4 is 5.91 Å². The summed E-state index contributed by atoms with van der Waals surface area (Å²) < 4.78 is 0. The van der Waals surface area contributed by atoms with Gasteiger partial charge in [0.15, 0.2) is 0 Å². The highest BCUT2D eigenvalue weighted by atomic mass is 16.1. The van der Waals surface area contributed by atoms with Gasteiger partial charge in [0.25, 0.3) is 5.91 Å². The molecule has 0 fully saturated rings. The van der Waals surface area contributed by atoms with E-state index in [1.165, 1.54) is 0 Å². The summed E-state index contributed by atoms with van der Waals surface area (Å²) in [5, 5.41) is 0. The Morgan fingerprint density at radius 3 is 2.90 bits per heavy atom. The van der Waals surface area contributed by atoms with Crippen molar-refractivity contribution in [2.75, 3.05) is 0 Å². The third kappa shape index (κ3) is 1.13. The monoisotopic (exact) mass is 135 g/mol. The van der Waals surface area contributed by atoms with Gasteiger partial charge in [-0.2, -0.15) is 0 Å². The Hall–Kier alpha value is -1.38. The van der Waals surface area contributed by atoms with Crippen molar-refractivity contribution in [3.8, 4) is 0 Å². The second-order valence-electron chi connectivity index (χ2n) is 1.91. The molecule has 0 unspecified atom stereocenters. The zero-order valence-electron chi connectivity index (χ0n) is 5.59. The summed E-state index contributed by atoms with van der Waals surface area (Å²) >= 11 is 0. The molecule has 0 aliphatic rings. The largest absolute Gasteiger partial charge is 0.366 e. The van der Waals surface area contributed by atoms with E-state index in [9.17, 15) is 4.79 Å².